The monoisotopic (exact) mass is 255 g/mol. The molecule has 1 aromatic heterocycles. The van der Waals surface area contributed by atoms with Crippen molar-refractivity contribution in [1.29, 1.82) is 0 Å². The number of carbonyl (C=O) groups excluding carboxylic acids is 1. The van der Waals surface area contributed by atoms with Crippen LogP contribution in [0, 0.1) is 0 Å². The smallest absolute Gasteiger partial charge is 0.347 e. The number of anilines is 1. The topological polar surface area (TPSA) is 73.7 Å². The maximum atomic E-state index is 11.2. The Bertz CT molecular complexity index is 438. The second-order valence-electron chi connectivity index (χ2n) is 3.81. The van der Waals surface area contributed by atoms with Crippen molar-refractivity contribution in [1.82, 2.24) is 9.88 Å². The zero-order valence-electron chi connectivity index (χ0n) is 9.42. The van der Waals surface area contributed by atoms with Gasteiger partial charge in [-0.2, -0.15) is 0 Å². The summed E-state index contributed by atoms with van der Waals surface area (Å²) in [5, 5.41) is 9.52. The van der Waals surface area contributed by atoms with Gasteiger partial charge in [0.1, 0.15) is 4.88 Å². The van der Waals surface area contributed by atoms with Gasteiger partial charge in [-0.05, 0) is 0 Å². The second kappa shape index (κ2) is 4.70. The highest BCUT2D eigenvalue weighted by molar-refractivity contribution is 7.17. The Morgan fingerprint density at radius 3 is 2.47 bits per heavy atom. The lowest BCUT2D eigenvalue weighted by Crippen LogP contribution is -2.48. The summed E-state index contributed by atoms with van der Waals surface area (Å²) < 4.78 is 0. The van der Waals surface area contributed by atoms with E-state index in [2.05, 4.69) is 4.98 Å². The van der Waals surface area contributed by atoms with Gasteiger partial charge >= 0.3 is 5.97 Å². The molecule has 0 aromatic carbocycles. The first kappa shape index (κ1) is 11.8. The summed E-state index contributed by atoms with van der Waals surface area (Å²) in [6.45, 7) is 4.29. The molecule has 7 heteroatoms. The number of carboxylic acid groups (broad SMARTS) is 1. The molecule has 1 aliphatic heterocycles. The molecule has 0 radical (unpaired) electrons. The van der Waals surface area contributed by atoms with Crippen molar-refractivity contribution in [3.8, 4) is 0 Å². The molecule has 1 aromatic rings. The molecule has 17 heavy (non-hydrogen) atoms. The van der Waals surface area contributed by atoms with E-state index in [1.54, 1.807) is 11.8 Å². The van der Waals surface area contributed by atoms with Crippen LogP contribution >= 0.6 is 11.3 Å². The third-order valence-corrected chi connectivity index (χ3v) is 3.75. The molecule has 0 bridgehead atoms. The van der Waals surface area contributed by atoms with Crippen molar-refractivity contribution in [3.63, 3.8) is 0 Å². The molecule has 1 N–H and O–H groups in total. The summed E-state index contributed by atoms with van der Waals surface area (Å²) >= 11 is 1.17. The maximum Gasteiger partial charge on any atom is 0.347 e. The van der Waals surface area contributed by atoms with E-state index in [-0.39, 0.29) is 10.8 Å². The Morgan fingerprint density at radius 1 is 1.35 bits per heavy atom. The van der Waals surface area contributed by atoms with Crippen LogP contribution in [-0.2, 0) is 4.79 Å². The van der Waals surface area contributed by atoms with Crippen molar-refractivity contribution in [3.05, 3.63) is 11.1 Å². The molecule has 2 rings (SSSR count). The largest absolute Gasteiger partial charge is 0.477 e. The van der Waals surface area contributed by atoms with Crippen molar-refractivity contribution >= 4 is 28.3 Å². The Morgan fingerprint density at radius 2 is 2.00 bits per heavy atom. The van der Waals surface area contributed by atoms with Gasteiger partial charge in [0.25, 0.3) is 0 Å². The number of thiazole rings is 1. The molecule has 6 nitrogen and oxygen atoms in total. The molecule has 2 heterocycles. The zero-order valence-corrected chi connectivity index (χ0v) is 10.2. The van der Waals surface area contributed by atoms with E-state index in [4.69, 9.17) is 5.11 Å². The van der Waals surface area contributed by atoms with Gasteiger partial charge in [0.05, 0.1) is 6.20 Å². The molecule has 0 aliphatic carbocycles. The van der Waals surface area contributed by atoms with Crippen LogP contribution in [0.1, 0.15) is 16.6 Å². The fraction of sp³-hybridized carbons (Fsp3) is 0.500. The van der Waals surface area contributed by atoms with E-state index in [0.717, 1.165) is 0 Å². The van der Waals surface area contributed by atoms with E-state index in [0.29, 0.717) is 31.3 Å². The van der Waals surface area contributed by atoms with E-state index >= 15 is 0 Å². The summed E-state index contributed by atoms with van der Waals surface area (Å²) in [4.78, 5) is 30.0. The minimum Gasteiger partial charge on any atom is -0.477 e. The quantitative estimate of drug-likeness (QED) is 0.833. The van der Waals surface area contributed by atoms with Crippen LogP contribution in [0.15, 0.2) is 6.20 Å². The molecule has 0 atom stereocenters. The number of piperazine rings is 1. The third kappa shape index (κ3) is 2.55. The second-order valence-corrected chi connectivity index (χ2v) is 4.81. The molecule has 1 amide bonds. The maximum absolute atomic E-state index is 11.2. The summed E-state index contributed by atoms with van der Waals surface area (Å²) in [6.07, 6.45) is 1.37. The van der Waals surface area contributed by atoms with Gasteiger partial charge in [0.2, 0.25) is 5.91 Å². The van der Waals surface area contributed by atoms with Gasteiger partial charge in [0, 0.05) is 33.1 Å². The predicted octanol–water partition coefficient (Wildman–Crippen LogP) is 0.510. The molecular weight excluding hydrogens is 242 g/mol. The lowest BCUT2D eigenvalue weighted by Gasteiger charge is -2.33. The normalized spacial score (nSPS) is 16.1. The van der Waals surface area contributed by atoms with Crippen molar-refractivity contribution in [2.45, 2.75) is 6.92 Å². The standard InChI is InChI=1S/C10H13N3O3S/c1-7(14)12-2-4-13(5-3-12)10-11-6-8(17-10)9(15)16/h6H,2-5H2,1H3,(H,15,16). The van der Waals surface area contributed by atoms with Gasteiger partial charge in [0.15, 0.2) is 5.13 Å². The highest BCUT2D eigenvalue weighted by atomic mass is 32.1. The number of amides is 1. The molecular formula is C10H13N3O3S. The number of aromatic nitrogens is 1. The van der Waals surface area contributed by atoms with Gasteiger partial charge < -0.3 is 14.9 Å². The molecule has 1 aliphatic rings. The minimum atomic E-state index is -0.948. The van der Waals surface area contributed by atoms with Crippen molar-refractivity contribution in [2.75, 3.05) is 31.1 Å². The van der Waals surface area contributed by atoms with Crippen LogP contribution in [0.4, 0.5) is 5.13 Å². The van der Waals surface area contributed by atoms with E-state index in [1.165, 1.54) is 17.5 Å². The summed E-state index contributed by atoms with van der Waals surface area (Å²) in [5.41, 5.74) is 0. The fourth-order valence-electron chi connectivity index (χ4n) is 1.72. The summed E-state index contributed by atoms with van der Waals surface area (Å²) in [5.74, 6) is -0.869. The first-order chi connectivity index (χ1) is 8.08. The van der Waals surface area contributed by atoms with Crippen LogP contribution in [0.2, 0.25) is 0 Å². The van der Waals surface area contributed by atoms with Crippen molar-refractivity contribution < 1.29 is 14.7 Å². The van der Waals surface area contributed by atoms with Crippen LogP contribution in [0.5, 0.6) is 0 Å². The molecule has 1 saturated heterocycles. The van der Waals surface area contributed by atoms with Gasteiger partial charge in [-0.1, -0.05) is 11.3 Å². The van der Waals surface area contributed by atoms with Crippen LogP contribution in [-0.4, -0.2) is 53.0 Å². The Hall–Kier alpha value is -1.63. The van der Waals surface area contributed by atoms with Crippen LogP contribution in [0.25, 0.3) is 0 Å². The SMILES string of the molecule is CC(=O)N1CCN(c2ncc(C(=O)O)s2)CC1. The molecule has 1 fully saturated rings. The van der Waals surface area contributed by atoms with E-state index < -0.39 is 5.97 Å². The van der Waals surface area contributed by atoms with E-state index in [9.17, 15) is 9.59 Å². The fourth-order valence-corrected chi connectivity index (χ4v) is 2.53. The van der Waals surface area contributed by atoms with Crippen molar-refractivity contribution in [2.24, 2.45) is 0 Å². The number of hydrogen-bond donors (Lipinski definition) is 1. The highest BCUT2D eigenvalue weighted by Gasteiger charge is 2.21. The zero-order chi connectivity index (χ0) is 12.4. The summed E-state index contributed by atoms with van der Waals surface area (Å²) in [7, 11) is 0. The number of aromatic carboxylic acids is 1. The Kier molecular flexibility index (Phi) is 3.28. The van der Waals surface area contributed by atoms with Crippen LogP contribution in [0.3, 0.4) is 0 Å². The molecule has 92 valence electrons. The minimum absolute atomic E-state index is 0.0787. The Labute approximate surface area is 102 Å². The summed E-state index contributed by atoms with van der Waals surface area (Å²) in [6, 6.07) is 0. The van der Waals surface area contributed by atoms with Gasteiger partial charge in [-0.15, -0.1) is 0 Å². The average molecular weight is 255 g/mol. The number of carbonyl (C=O) groups is 2. The molecule has 0 spiro atoms. The predicted molar refractivity (Wildman–Crippen MR) is 63.5 cm³/mol. The van der Waals surface area contributed by atoms with Crippen LogP contribution < -0.4 is 4.90 Å². The molecule has 0 saturated carbocycles. The van der Waals surface area contributed by atoms with Gasteiger partial charge in [-0.3, -0.25) is 4.79 Å². The number of rotatable bonds is 2. The first-order valence-corrected chi connectivity index (χ1v) is 6.09. The Balaban J connectivity index is 2.00. The first-order valence-electron chi connectivity index (χ1n) is 5.27. The lowest BCUT2D eigenvalue weighted by molar-refractivity contribution is -0.129. The highest BCUT2D eigenvalue weighted by Crippen LogP contribution is 2.23. The number of carboxylic acids is 1. The third-order valence-electron chi connectivity index (χ3n) is 2.70. The number of nitrogens with zero attached hydrogens (tertiary/aromatic N) is 3. The van der Waals surface area contributed by atoms with Gasteiger partial charge in [-0.25, -0.2) is 9.78 Å². The lowest BCUT2D eigenvalue weighted by atomic mass is 10.3. The molecule has 0 unspecified atom stereocenters. The number of hydrogen-bond acceptors (Lipinski definition) is 5. The average Bonchev–Trinajstić information content (AvgIpc) is 2.78. The van der Waals surface area contributed by atoms with E-state index in [1.807, 2.05) is 4.90 Å².